The van der Waals surface area contributed by atoms with Crippen LogP contribution in [0.25, 0.3) is 0 Å². The van der Waals surface area contributed by atoms with Crippen molar-refractivity contribution < 1.29 is 47.6 Å². The van der Waals surface area contributed by atoms with Gasteiger partial charge in [-0.2, -0.15) is 0 Å². The van der Waals surface area contributed by atoms with E-state index in [4.69, 9.17) is 28.4 Å². The molecule has 0 aromatic carbocycles. The third kappa shape index (κ3) is 9.35. The molecule has 13 nitrogen and oxygen atoms in total. The lowest BCUT2D eigenvalue weighted by atomic mass is 9.48. The van der Waals surface area contributed by atoms with Gasteiger partial charge in [-0.15, -0.1) is 5.10 Å². The van der Waals surface area contributed by atoms with E-state index in [-0.39, 0.29) is 24.7 Å². The molecule has 13 heteroatoms. The second kappa shape index (κ2) is 18.1. The van der Waals surface area contributed by atoms with Gasteiger partial charge in [-0.1, -0.05) is 70.7 Å². The Hall–Kier alpha value is -3.32. The molecule has 1 aliphatic heterocycles. The van der Waals surface area contributed by atoms with E-state index >= 15 is 0 Å². The molecule has 3 saturated carbocycles. The second-order valence-electron chi connectivity index (χ2n) is 19.2. The Morgan fingerprint density at radius 2 is 1.53 bits per heavy atom. The number of allylic oxidation sites excluding steroid dienone is 2. The zero-order valence-corrected chi connectivity index (χ0v) is 36.6. The first-order valence-electron chi connectivity index (χ1n) is 22.0. The molecule has 0 radical (unpaired) electrons. The van der Waals surface area contributed by atoms with Crippen LogP contribution in [0, 0.1) is 46.3 Å². The number of esters is 4. The molecule has 0 N–H and O–H groups in total. The molecule has 4 aliphatic carbocycles. The predicted octanol–water partition coefficient (Wildman–Crippen LogP) is 7.85. The van der Waals surface area contributed by atoms with Crippen molar-refractivity contribution in [3.05, 3.63) is 23.0 Å². The van der Waals surface area contributed by atoms with Gasteiger partial charge in [-0.05, 0) is 104 Å². The highest BCUT2D eigenvalue weighted by molar-refractivity contribution is 5.68. The van der Waals surface area contributed by atoms with Crippen LogP contribution in [0.4, 0.5) is 0 Å². The normalized spacial score (nSPS) is 35.6. The summed E-state index contributed by atoms with van der Waals surface area (Å²) in [5.41, 5.74) is 4.87. The summed E-state index contributed by atoms with van der Waals surface area (Å²) in [6.07, 6.45) is 9.24. The van der Waals surface area contributed by atoms with E-state index in [2.05, 4.69) is 51.9 Å². The van der Waals surface area contributed by atoms with E-state index in [9.17, 15) is 19.2 Å². The third-order valence-electron chi connectivity index (χ3n) is 15.2. The van der Waals surface area contributed by atoms with Crippen molar-refractivity contribution in [1.29, 1.82) is 0 Å². The maximum absolute atomic E-state index is 12.3. The fourth-order valence-electron chi connectivity index (χ4n) is 11.7. The lowest BCUT2D eigenvalue weighted by Crippen LogP contribution is -2.60. The summed E-state index contributed by atoms with van der Waals surface area (Å²) >= 11 is 0. The van der Waals surface area contributed by atoms with Crippen molar-refractivity contribution in [1.82, 2.24) is 15.0 Å². The van der Waals surface area contributed by atoms with Crippen molar-refractivity contribution in [3.8, 4) is 0 Å². The predicted molar refractivity (Wildman–Crippen MR) is 213 cm³/mol. The molecule has 1 aromatic heterocycles. The fourth-order valence-corrected chi connectivity index (χ4v) is 11.7. The molecule has 5 aliphatic rings. The Morgan fingerprint density at radius 1 is 0.845 bits per heavy atom. The molecule has 58 heavy (non-hydrogen) atoms. The maximum atomic E-state index is 12.3. The fraction of sp³-hybridized carbons (Fsp3) is 0.822. The number of carbonyl (C=O) groups is 4. The largest absolute Gasteiger partial charge is 0.463 e. The first kappa shape index (κ1) is 44.2. The van der Waals surface area contributed by atoms with Gasteiger partial charge in [0.2, 0.25) is 0 Å². The summed E-state index contributed by atoms with van der Waals surface area (Å²) in [6, 6.07) is 0. The van der Waals surface area contributed by atoms with E-state index < -0.39 is 54.5 Å². The molecule has 0 bridgehead atoms. The Labute approximate surface area is 345 Å². The van der Waals surface area contributed by atoms with Gasteiger partial charge in [0.25, 0.3) is 0 Å². The monoisotopic (exact) mass is 811 g/mol. The zero-order chi connectivity index (χ0) is 42.1. The van der Waals surface area contributed by atoms with Crippen LogP contribution in [0.15, 0.2) is 17.3 Å². The highest BCUT2D eigenvalue weighted by atomic mass is 16.7. The minimum atomic E-state index is -1.29. The van der Waals surface area contributed by atoms with Gasteiger partial charge in [0.15, 0.2) is 24.5 Å². The van der Waals surface area contributed by atoms with Crippen LogP contribution in [0.1, 0.15) is 152 Å². The van der Waals surface area contributed by atoms with Crippen molar-refractivity contribution in [2.24, 2.45) is 46.3 Å². The minimum absolute atomic E-state index is 0.0990. The van der Waals surface area contributed by atoms with Crippen LogP contribution < -0.4 is 0 Å². The van der Waals surface area contributed by atoms with Gasteiger partial charge in [0.05, 0.1) is 18.9 Å². The number of hydrogen-bond donors (Lipinski definition) is 0. The molecule has 1 aromatic rings. The van der Waals surface area contributed by atoms with Gasteiger partial charge in [0.1, 0.15) is 18.4 Å². The van der Waals surface area contributed by atoms with Crippen LogP contribution in [0.3, 0.4) is 0 Å². The van der Waals surface area contributed by atoms with E-state index in [0.29, 0.717) is 22.9 Å². The Balaban J connectivity index is 1.11. The average molecular weight is 812 g/mol. The Kier molecular flexibility index (Phi) is 13.8. The lowest BCUT2D eigenvalue weighted by Gasteiger charge is -2.57. The quantitative estimate of drug-likeness (QED) is 0.102. The molecule has 0 amide bonds. The summed E-state index contributed by atoms with van der Waals surface area (Å²) in [5.74, 6) is 1.73. The number of rotatable bonds is 14. The molecule has 1 unspecified atom stereocenters. The molecule has 4 fully saturated rings. The van der Waals surface area contributed by atoms with Crippen molar-refractivity contribution in [2.75, 3.05) is 6.61 Å². The molecular formula is C45H69N3O10. The average Bonchev–Trinajstić information content (AvgIpc) is 3.77. The van der Waals surface area contributed by atoms with E-state index in [1.807, 2.05) is 11.1 Å². The van der Waals surface area contributed by atoms with Crippen molar-refractivity contribution in [2.45, 2.75) is 183 Å². The van der Waals surface area contributed by atoms with Gasteiger partial charge >= 0.3 is 23.9 Å². The molecule has 2 heterocycles. The van der Waals surface area contributed by atoms with Gasteiger partial charge in [-0.3, -0.25) is 19.2 Å². The number of aromatic nitrogens is 3. The standard InChI is InChI=1S/C45H69N3O10/c1-25(2)26(3)11-12-27(4)36-15-16-37-35-14-13-32-21-34(17-19-44(32,9)38(35)18-20-45(36,37)10)54-23-33-22-48(47-46-33)43-42(57-31(8)52)41(56-30(7)51)40(55-29(6)50)39(58-43)24-53-28(5)49/h22,25-27,32,34,36,38-43H,11-21,23-24H2,1-10H3/t26-,27+,32?,34-,36+,38-,39+,40+,41-,42+,43+,44-,45+/m0/s1. The maximum Gasteiger partial charge on any atom is 0.303 e. The first-order chi connectivity index (χ1) is 27.4. The molecule has 0 spiro atoms. The lowest BCUT2D eigenvalue weighted by molar-refractivity contribution is -0.270. The highest BCUT2D eigenvalue weighted by Gasteiger charge is 2.56. The Bertz CT molecular complexity index is 1690. The summed E-state index contributed by atoms with van der Waals surface area (Å²) < 4.78 is 36.1. The van der Waals surface area contributed by atoms with Crippen LogP contribution in [-0.2, 0) is 54.2 Å². The number of carbonyl (C=O) groups excluding carboxylic acids is 4. The van der Waals surface area contributed by atoms with Crippen LogP contribution >= 0.6 is 0 Å². The third-order valence-corrected chi connectivity index (χ3v) is 15.2. The first-order valence-corrected chi connectivity index (χ1v) is 22.0. The Morgan fingerprint density at radius 3 is 2.21 bits per heavy atom. The van der Waals surface area contributed by atoms with Crippen LogP contribution in [-0.4, -0.2) is 76.0 Å². The van der Waals surface area contributed by atoms with Crippen LogP contribution in [0.2, 0.25) is 0 Å². The van der Waals surface area contributed by atoms with Gasteiger partial charge < -0.3 is 28.4 Å². The smallest absolute Gasteiger partial charge is 0.303 e. The summed E-state index contributed by atoms with van der Waals surface area (Å²) in [5, 5.41) is 8.65. The topological polar surface area (TPSA) is 154 Å². The molecular weight excluding hydrogens is 743 g/mol. The van der Waals surface area contributed by atoms with Crippen LogP contribution in [0.5, 0.6) is 0 Å². The number of hydrogen-bond acceptors (Lipinski definition) is 12. The molecule has 324 valence electrons. The molecule has 1 saturated heterocycles. The summed E-state index contributed by atoms with van der Waals surface area (Å²) in [7, 11) is 0. The minimum Gasteiger partial charge on any atom is -0.463 e. The zero-order valence-electron chi connectivity index (χ0n) is 36.6. The number of nitrogens with zero attached hydrogens (tertiary/aromatic N) is 3. The van der Waals surface area contributed by atoms with Crippen molar-refractivity contribution >= 4 is 23.9 Å². The number of fused-ring (bicyclic) bond motifs is 4. The summed E-state index contributed by atoms with van der Waals surface area (Å²) in [6.45, 7) is 19.6. The SMILES string of the molecule is CC(=O)OC[C@H]1O[C@@H](n2cc(CO[C@H]3CC[C@@]4(C)C(CCC5=C6CC[C@H]([C@H](C)CC[C@H](C)C(C)C)[C@@]6(C)CC[C@@H]54)C3)nn2)[C@H](OC(C)=O)[C@@H](OC(C)=O)[C@@H]1OC(C)=O. The van der Waals surface area contributed by atoms with E-state index in [0.717, 1.165) is 42.9 Å². The van der Waals surface area contributed by atoms with Gasteiger partial charge in [0, 0.05) is 27.7 Å². The van der Waals surface area contributed by atoms with E-state index in [1.165, 1.54) is 83.7 Å². The highest BCUT2D eigenvalue weighted by Crippen LogP contribution is 2.66. The summed E-state index contributed by atoms with van der Waals surface area (Å²) in [4.78, 5) is 48.5. The molecule has 13 atom stereocenters. The van der Waals surface area contributed by atoms with Gasteiger partial charge in [-0.25, -0.2) is 4.68 Å². The van der Waals surface area contributed by atoms with Crippen molar-refractivity contribution in [3.63, 3.8) is 0 Å². The van der Waals surface area contributed by atoms with E-state index in [1.54, 1.807) is 6.20 Å². The number of ether oxygens (including phenoxy) is 6. The second-order valence-corrected chi connectivity index (χ2v) is 19.2. The molecule has 6 rings (SSSR count).